The molecule has 0 radical (unpaired) electrons. The van der Waals surface area contributed by atoms with E-state index in [1.165, 1.54) is 0 Å². The summed E-state index contributed by atoms with van der Waals surface area (Å²) >= 11 is 0.874. The number of nitrogens with zero attached hydrogens (tertiary/aromatic N) is 3. The van der Waals surface area contributed by atoms with E-state index >= 15 is 0 Å². The topological polar surface area (TPSA) is 103 Å². The summed E-state index contributed by atoms with van der Waals surface area (Å²) in [5, 5.41) is 2.38. The Labute approximate surface area is 170 Å². The number of benzene rings is 1. The minimum atomic E-state index is -0.432. The van der Waals surface area contributed by atoms with Crippen LogP contribution in [-0.2, 0) is 9.59 Å². The number of rotatable bonds is 6. The lowest BCUT2D eigenvalue weighted by Gasteiger charge is -2.16. The average molecular weight is 414 g/mol. The summed E-state index contributed by atoms with van der Waals surface area (Å²) < 4.78 is 12.3. The van der Waals surface area contributed by atoms with Crippen molar-refractivity contribution in [3.8, 4) is 11.5 Å². The van der Waals surface area contributed by atoms with Crippen molar-refractivity contribution in [2.24, 2.45) is 0 Å². The van der Waals surface area contributed by atoms with Crippen molar-refractivity contribution in [3.63, 3.8) is 0 Å². The molecule has 1 aromatic heterocycles. The van der Waals surface area contributed by atoms with Crippen LogP contribution in [0.3, 0.4) is 0 Å². The second-order valence-corrected chi connectivity index (χ2v) is 7.42. The van der Waals surface area contributed by atoms with E-state index in [1.54, 1.807) is 54.5 Å². The van der Waals surface area contributed by atoms with Gasteiger partial charge in [0.05, 0.1) is 11.2 Å². The van der Waals surface area contributed by atoms with Crippen molar-refractivity contribution in [2.75, 3.05) is 19.9 Å². The molecule has 0 aliphatic carbocycles. The number of nitrogens with one attached hydrogen (secondary N) is 1. The maximum absolute atomic E-state index is 12.6. The van der Waals surface area contributed by atoms with E-state index in [4.69, 9.17) is 9.47 Å². The third-order valence-corrected chi connectivity index (χ3v) is 5.46. The summed E-state index contributed by atoms with van der Waals surface area (Å²) in [6.07, 6.45) is 6.49. The van der Waals surface area contributed by atoms with Gasteiger partial charge in [-0.25, -0.2) is 4.98 Å². The lowest BCUT2D eigenvalue weighted by atomic mass is 10.2. The van der Waals surface area contributed by atoms with Gasteiger partial charge in [-0.05, 0) is 42.5 Å². The van der Waals surface area contributed by atoms with Crippen LogP contribution in [0.25, 0.3) is 6.08 Å². The molecule has 2 aliphatic rings. The van der Waals surface area contributed by atoms with Gasteiger partial charge in [-0.2, -0.15) is 0 Å². The fourth-order valence-electron chi connectivity index (χ4n) is 2.92. The number of amides is 3. The van der Waals surface area contributed by atoms with Crippen LogP contribution in [0.4, 0.5) is 4.79 Å². The van der Waals surface area contributed by atoms with Crippen molar-refractivity contribution in [3.05, 3.63) is 47.4 Å². The number of carbonyl (C=O) groups is 3. The van der Waals surface area contributed by atoms with Gasteiger partial charge in [-0.1, -0.05) is 6.07 Å². The molecule has 29 heavy (non-hydrogen) atoms. The largest absolute Gasteiger partial charge is 0.454 e. The summed E-state index contributed by atoms with van der Waals surface area (Å²) in [4.78, 5) is 42.4. The molecular formula is C19H18N4O5S. The first-order valence-electron chi connectivity index (χ1n) is 8.93. The summed E-state index contributed by atoms with van der Waals surface area (Å²) in [6.45, 7) is 2.18. The molecule has 1 atom stereocenters. The molecule has 3 amide bonds. The van der Waals surface area contributed by atoms with E-state index in [9.17, 15) is 14.4 Å². The number of hydrogen-bond donors (Lipinski definition) is 1. The third-order valence-electron chi connectivity index (χ3n) is 4.55. The Morgan fingerprint density at radius 2 is 2.17 bits per heavy atom. The lowest BCUT2D eigenvalue weighted by Crippen LogP contribution is -2.39. The van der Waals surface area contributed by atoms with Gasteiger partial charge in [0.2, 0.25) is 12.7 Å². The molecule has 1 unspecified atom stereocenters. The van der Waals surface area contributed by atoms with Crippen molar-refractivity contribution >= 4 is 34.9 Å². The van der Waals surface area contributed by atoms with E-state index in [0.29, 0.717) is 16.4 Å². The van der Waals surface area contributed by atoms with Crippen LogP contribution in [0.1, 0.15) is 18.5 Å². The Balaban J connectivity index is 1.35. The van der Waals surface area contributed by atoms with E-state index in [-0.39, 0.29) is 36.9 Å². The van der Waals surface area contributed by atoms with Gasteiger partial charge in [0.15, 0.2) is 11.5 Å². The van der Waals surface area contributed by atoms with Crippen LogP contribution in [0, 0.1) is 0 Å². The van der Waals surface area contributed by atoms with Gasteiger partial charge in [-0.15, -0.1) is 0 Å². The number of hydrogen-bond acceptors (Lipinski definition) is 7. The van der Waals surface area contributed by atoms with Crippen LogP contribution in [0.5, 0.6) is 11.5 Å². The van der Waals surface area contributed by atoms with Gasteiger partial charge in [-0.3, -0.25) is 19.3 Å². The van der Waals surface area contributed by atoms with Crippen LogP contribution in [0.2, 0.25) is 0 Å². The molecule has 1 N–H and O–H groups in total. The normalized spacial score (nSPS) is 17.8. The Morgan fingerprint density at radius 3 is 2.97 bits per heavy atom. The van der Waals surface area contributed by atoms with Crippen LogP contribution < -0.4 is 14.8 Å². The van der Waals surface area contributed by atoms with E-state index in [2.05, 4.69) is 10.3 Å². The predicted molar refractivity (Wildman–Crippen MR) is 105 cm³/mol. The highest BCUT2D eigenvalue weighted by atomic mass is 32.2. The summed E-state index contributed by atoms with van der Waals surface area (Å²) in [5.41, 5.74) is 0.738. The van der Waals surface area contributed by atoms with Crippen LogP contribution >= 0.6 is 11.8 Å². The van der Waals surface area contributed by atoms with Gasteiger partial charge < -0.3 is 19.4 Å². The Hall–Kier alpha value is -3.27. The van der Waals surface area contributed by atoms with Gasteiger partial charge in [0, 0.05) is 25.5 Å². The van der Waals surface area contributed by atoms with Gasteiger partial charge >= 0.3 is 0 Å². The molecule has 0 bridgehead atoms. The van der Waals surface area contributed by atoms with Gasteiger partial charge in [0.25, 0.3) is 11.1 Å². The number of ether oxygens (including phenoxy) is 2. The SMILES string of the molecule is CC(C(=O)NCCN1C(=O)S/C(=C/c2ccc3c(c2)OCO3)C1=O)n1ccnc1. The molecule has 1 saturated heterocycles. The number of carbonyl (C=O) groups excluding carboxylic acids is 3. The Bertz CT molecular complexity index is 988. The first-order valence-corrected chi connectivity index (χ1v) is 9.75. The van der Waals surface area contributed by atoms with Crippen molar-refractivity contribution in [1.29, 1.82) is 0 Å². The molecule has 1 aromatic carbocycles. The van der Waals surface area contributed by atoms with Crippen molar-refractivity contribution in [2.45, 2.75) is 13.0 Å². The Kier molecular flexibility index (Phi) is 5.26. The van der Waals surface area contributed by atoms with Crippen molar-refractivity contribution < 1.29 is 23.9 Å². The van der Waals surface area contributed by atoms with Crippen molar-refractivity contribution in [1.82, 2.24) is 19.8 Å². The first kappa shape index (κ1) is 19.1. The fourth-order valence-corrected chi connectivity index (χ4v) is 3.78. The maximum Gasteiger partial charge on any atom is 0.293 e. The summed E-state index contributed by atoms with van der Waals surface area (Å²) in [7, 11) is 0. The number of imidazole rings is 1. The second kappa shape index (κ2) is 8.00. The predicted octanol–water partition coefficient (Wildman–Crippen LogP) is 2.03. The minimum Gasteiger partial charge on any atom is -0.454 e. The zero-order valence-corrected chi connectivity index (χ0v) is 16.3. The highest BCUT2D eigenvalue weighted by Gasteiger charge is 2.34. The van der Waals surface area contributed by atoms with E-state index < -0.39 is 6.04 Å². The highest BCUT2D eigenvalue weighted by molar-refractivity contribution is 8.18. The zero-order chi connectivity index (χ0) is 20.4. The highest BCUT2D eigenvalue weighted by Crippen LogP contribution is 2.36. The lowest BCUT2D eigenvalue weighted by molar-refractivity contribution is -0.125. The quantitative estimate of drug-likeness (QED) is 0.722. The maximum atomic E-state index is 12.6. The van der Waals surface area contributed by atoms with Gasteiger partial charge in [0.1, 0.15) is 6.04 Å². The molecule has 0 saturated carbocycles. The molecular weight excluding hydrogens is 396 g/mol. The minimum absolute atomic E-state index is 0.103. The molecule has 0 spiro atoms. The number of fused-ring (bicyclic) bond motifs is 1. The van der Waals surface area contributed by atoms with Crippen LogP contribution in [-0.4, -0.2) is 51.4 Å². The molecule has 10 heteroatoms. The number of thioether (sulfide) groups is 1. The summed E-state index contributed by atoms with van der Waals surface area (Å²) in [6, 6.07) is 4.88. The molecule has 1 fully saturated rings. The molecule has 150 valence electrons. The van der Waals surface area contributed by atoms with Crippen LogP contribution in [0.15, 0.2) is 41.8 Å². The average Bonchev–Trinajstić information content (AvgIpc) is 3.44. The number of aromatic nitrogens is 2. The zero-order valence-electron chi connectivity index (χ0n) is 15.5. The standard InChI is InChI=1S/C19H18N4O5S/c1-12(22-6-4-20-10-22)17(24)21-5-7-23-18(25)16(29-19(23)26)9-13-2-3-14-15(8-13)28-11-27-14/h2-4,6,8-10,12H,5,7,11H2,1H3,(H,21,24)/b16-9+. The molecule has 2 aliphatic heterocycles. The second-order valence-electron chi connectivity index (χ2n) is 6.42. The fraction of sp³-hybridized carbons (Fsp3) is 0.263. The first-order chi connectivity index (χ1) is 14.0. The molecule has 3 heterocycles. The molecule has 4 rings (SSSR count). The van der Waals surface area contributed by atoms with E-state index in [1.807, 2.05) is 0 Å². The Morgan fingerprint density at radius 1 is 1.34 bits per heavy atom. The number of imide groups is 1. The molecule has 9 nitrogen and oxygen atoms in total. The third kappa shape index (κ3) is 3.97. The van der Waals surface area contributed by atoms with E-state index in [0.717, 1.165) is 22.2 Å². The summed E-state index contributed by atoms with van der Waals surface area (Å²) in [5.74, 6) is 0.657. The smallest absolute Gasteiger partial charge is 0.293 e. The molecule has 2 aromatic rings. The monoisotopic (exact) mass is 414 g/mol.